The Kier molecular flexibility index (Phi) is 4.68. The van der Waals surface area contributed by atoms with Gasteiger partial charge in [-0.3, -0.25) is 9.78 Å². The van der Waals surface area contributed by atoms with Gasteiger partial charge in [0.2, 0.25) is 5.76 Å². The second-order valence-electron chi connectivity index (χ2n) is 6.85. The lowest BCUT2D eigenvalue weighted by molar-refractivity contribution is 0.0736. The quantitative estimate of drug-likeness (QED) is 0.514. The molecule has 5 heterocycles. The summed E-state index contributed by atoms with van der Waals surface area (Å²) in [6.45, 7) is 2.45. The van der Waals surface area contributed by atoms with E-state index >= 15 is 0 Å². The molecule has 30 heavy (non-hydrogen) atoms. The third-order valence-electron chi connectivity index (χ3n) is 4.99. The molecule has 0 bridgehead atoms. The zero-order valence-electron chi connectivity index (χ0n) is 16.0. The number of hydrogen-bond donors (Lipinski definition) is 0. The van der Waals surface area contributed by atoms with Gasteiger partial charge in [0.25, 0.3) is 5.91 Å². The number of aromatic nitrogens is 4. The monoisotopic (exact) mass is 402 g/mol. The molecule has 5 rings (SSSR count). The molecule has 9 heteroatoms. The van der Waals surface area contributed by atoms with Crippen LogP contribution < -0.4 is 4.90 Å². The summed E-state index contributed by atoms with van der Waals surface area (Å²) in [5, 5.41) is 12.6. The minimum atomic E-state index is -0.158. The van der Waals surface area contributed by atoms with Gasteiger partial charge in [0, 0.05) is 50.2 Å². The van der Waals surface area contributed by atoms with Gasteiger partial charge in [0.1, 0.15) is 0 Å². The first-order valence-electron chi connectivity index (χ1n) is 9.57. The van der Waals surface area contributed by atoms with Crippen LogP contribution in [0.2, 0.25) is 0 Å². The third kappa shape index (κ3) is 3.52. The smallest absolute Gasteiger partial charge is 0.276 e. The number of carbonyl (C=O) groups is 1. The number of amides is 1. The molecule has 9 nitrogen and oxygen atoms in total. The fourth-order valence-electron chi connectivity index (χ4n) is 3.37. The molecule has 0 unspecified atom stereocenters. The van der Waals surface area contributed by atoms with Gasteiger partial charge < -0.3 is 18.7 Å². The molecule has 1 amide bonds. The molecular formula is C21H18N6O3. The summed E-state index contributed by atoms with van der Waals surface area (Å²) in [5.74, 6) is 1.61. The second kappa shape index (κ2) is 7.78. The molecule has 0 atom stereocenters. The van der Waals surface area contributed by atoms with Crippen LogP contribution in [0.1, 0.15) is 10.5 Å². The molecule has 0 aliphatic carbocycles. The second-order valence-corrected chi connectivity index (χ2v) is 6.85. The van der Waals surface area contributed by atoms with Crippen LogP contribution in [0.5, 0.6) is 0 Å². The van der Waals surface area contributed by atoms with E-state index in [-0.39, 0.29) is 11.6 Å². The van der Waals surface area contributed by atoms with Gasteiger partial charge >= 0.3 is 0 Å². The van der Waals surface area contributed by atoms with E-state index < -0.39 is 0 Å². The summed E-state index contributed by atoms with van der Waals surface area (Å²) in [5.41, 5.74) is 1.98. The molecule has 0 radical (unpaired) electrons. The number of carbonyl (C=O) groups excluding carboxylic acids is 1. The normalized spacial score (nSPS) is 14.1. The Labute approximate surface area is 171 Å². The van der Waals surface area contributed by atoms with E-state index in [9.17, 15) is 4.79 Å². The average molecular weight is 402 g/mol. The highest BCUT2D eigenvalue weighted by molar-refractivity contribution is 5.93. The molecule has 0 N–H and O–H groups in total. The summed E-state index contributed by atoms with van der Waals surface area (Å²) >= 11 is 0. The Hall–Kier alpha value is -4.01. The Morgan fingerprint density at radius 1 is 0.967 bits per heavy atom. The maximum Gasteiger partial charge on any atom is 0.276 e. The van der Waals surface area contributed by atoms with Crippen molar-refractivity contribution >= 4 is 11.7 Å². The zero-order valence-corrected chi connectivity index (χ0v) is 16.0. The SMILES string of the molecule is O=C(c1cc(-c2ccco2)on1)N1CCN(c2ccc(-c3cccnc3)nn2)CC1. The number of furan rings is 1. The predicted molar refractivity (Wildman–Crippen MR) is 108 cm³/mol. The van der Waals surface area contributed by atoms with Gasteiger partial charge in [0.15, 0.2) is 17.3 Å². The van der Waals surface area contributed by atoms with E-state index in [1.807, 2.05) is 24.3 Å². The predicted octanol–water partition coefficient (Wildman–Crippen LogP) is 2.75. The summed E-state index contributed by atoms with van der Waals surface area (Å²) in [4.78, 5) is 20.7. The number of rotatable bonds is 4. The minimum absolute atomic E-state index is 0.158. The summed E-state index contributed by atoms with van der Waals surface area (Å²) in [7, 11) is 0. The zero-order chi connectivity index (χ0) is 20.3. The molecular weight excluding hydrogens is 384 g/mol. The fraction of sp³-hybridized carbons (Fsp3) is 0.190. The summed E-state index contributed by atoms with van der Waals surface area (Å²) in [6, 6.07) is 12.8. The van der Waals surface area contributed by atoms with Crippen molar-refractivity contribution in [2.45, 2.75) is 0 Å². The highest BCUT2D eigenvalue weighted by atomic mass is 16.5. The van der Waals surface area contributed by atoms with Crippen molar-refractivity contribution in [3.05, 3.63) is 66.8 Å². The maximum atomic E-state index is 12.7. The lowest BCUT2D eigenvalue weighted by atomic mass is 10.2. The molecule has 0 saturated carbocycles. The van der Waals surface area contributed by atoms with Crippen molar-refractivity contribution < 1.29 is 13.7 Å². The van der Waals surface area contributed by atoms with Gasteiger partial charge in [-0.05, 0) is 36.4 Å². The summed E-state index contributed by atoms with van der Waals surface area (Å²) < 4.78 is 10.5. The average Bonchev–Trinajstić information content (AvgIpc) is 3.52. The Morgan fingerprint density at radius 2 is 1.87 bits per heavy atom. The van der Waals surface area contributed by atoms with Crippen LogP contribution in [0.3, 0.4) is 0 Å². The Morgan fingerprint density at radius 3 is 2.57 bits per heavy atom. The topological polar surface area (TPSA) is 101 Å². The van der Waals surface area contributed by atoms with E-state index in [1.54, 1.807) is 41.8 Å². The number of hydrogen-bond acceptors (Lipinski definition) is 8. The molecule has 0 aromatic carbocycles. The summed E-state index contributed by atoms with van der Waals surface area (Å²) in [6.07, 6.45) is 5.03. The number of nitrogens with zero attached hydrogens (tertiary/aromatic N) is 6. The van der Waals surface area contributed by atoms with Gasteiger partial charge in [-0.25, -0.2) is 0 Å². The standard InChI is InChI=1S/C21H18N6O3/c28-21(17-13-19(30-25-17)18-4-2-12-29-18)27-10-8-26(9-11-27)20-6-5-16(23-24-20)15-3-1-7-22-14-15/h1-7,12-14H,8-11H2. The largest absolute Gasteiger partial charge is 0.461 e. The van der Waals surface area contributed by atoms with Crippen LogP contribution >= 0.6 is 0 Å². The van der Waals surface area contributed by atoms with Crippen LogP contribution in [0.15, 0.2) is 70.1 Å². The van der Waals surface area contributed by atoms with E-state index in [1.165, 1.54) is 0 Å². The van der Waals surface area contributed by atoms with Crippen molar-refractivity contribution in [2.24, 2.45) is 0 Å². The van der Waals surface area contributed by atoms with Gasteiger partial charge in [-0.15, -0.1) is 10.2 Å². The Bertz CT molecular complexity index is 1120. The number of piperazine rings is 1. The molecule has 150 valence electrons. The van der Waals surface area contributed by atoms with E-state index in [2.05, 4.69) is 25.2 Å². The minimum Gasteiger partial charge on any atom is -0.461 e. The van der Waals surface area contributed by atoms with Crippen molar-refractivity contribution in [3.63, 3.8) is 0 Å². The maximum absolute atomic E-state index is 12.7. The van der Waals surface area contributed by atoms with Gasteiger partial charge in [-0.2, -0.15) is 0 Å². The fourth-order valence-corrected chi connectivity index (χ4v) is 3.37. The van der Waals surface area contributed by atoms with Gasteiger partial charge in [0.05, 0.1) is 12.0 Å². The number of anilines is 1. The van der Waals surface area contributed by atoms with Crippen LogP contribution in [0.4, 0.5) is 5.82 Å². The molecule has 4 aromatic rings. The molecule has 1 aliphatic rings. The van der Waals surface area contributed by atoms with E-state index in [0.717, 1.165) is 17.1 Å². The van der Waals surface area contributed by atoms with Crippen LogP contribution in [-0.2, 0) is 0 Å². The van der Waals surface area contributed by atoms with Crippen molar-refractivity contribution in [2.75, 3.05) is 31.1 Å². The van der Waals surface area contributed by atoms with E-state index in [4.69, 9.17) is 8.94 Å². The lowest BCUT2D eigenvalue weighted by Crippen LogP contribution is -2.49. The van der Waals surface area contributed by atoms with Crippen LogP contribution in [0.25, 0.3) is 22.8 Å². The van der Waals surface area contributed by atoms with Crippen molar-refractivity contribution in [3.8, 4) is 22.8 Å². The molecule has 0 spiro atoms. The van der Waals surface area contributed by atoms with E-state index in [0.29, 0.717) is 37.7 Å². The van der Waals surface area contributed by atoms with Crippen LogP contribution in [0, 0.1) is 0 Å². The first kappa shape index (κ1) is 18.0. The van der Waals surface area contributed by atoms with Crippen LogP contribution in [-0.4, -0.2) is 57.3 Å². The first-order chi connectivity index (χ1) is 14.8. The Balaban J connectivity index is 1.21. The lowest BCUT2D eigenvalue weighted by Gasteiger charge is -2.34. The molecule has 1 fully saturated rings. The van der Waals surface area contributed by atoms with Crippen molar-refractivity contribution in [1.82, 2.24) is 25.2 Å². The molecule has 1 aliphatic heterocycles. The third-order valence-corrected chi connectivity index (χ3v) is 4.99. The molecule has 1 saturated heterocycles. The van der Waals surface area contributed by atoms with Crippen molar-refractivity contribution in [1.29, 1.82) is 0 Å². The highest BCUT2D eigenvalue weighted by Crippen LogP contribution is 2.22. The first-order valence-corrected chi connectivity index (χ1v) is 9.57. The number of pyridine rings is 1. The highest BCUT2D eigenvalue weighted by Gasteiger charge is 2.26. The molecule has 4 aromatic heterocycles. The van der Waals surface area contributed by atoms with Gasteiger partial charge in [-0.1, -0.05) is 5.16 Å².